The van der Waals surface area contributed by atoms with E-state index in [4.69, 9.17) is 11.6 Å². The van der Waals surface area contributed by atoms with Crippen molar-refractivity contribution in [3.63, 3.8) is 0 Å². The maximum Gasteiger partial charge on any atom is 0.155 e. The summed E-state index contributed by atoms with van der Waals surface area (Å²) in [5, 5.41) is 1.93. The van der Waals surface area contributed by atoms with Crippen LogP contribution in [0.25, 0.3) is 10.8 Å². The van der Waals surface area contributed by atoms with Gasteiger partial charge in [-0.25, -0.2) is 0 Å². The highest BCUT2D eigenvalue weighted by molar-refractivity contribution is 6.31. The molecule has 1 atom stereocenters. The average Bonchev–Trinajstić information content (AvgIpc) is 2.32. The van der Waals surface area contributed by atoms with Crippen LogP contribution in [-0.4, -0.2) is 5.78 Å². The Hall–Kier alpha value is -1.34. The van der Waals surface area contributed by atoms with Crippen LogP contribution in [0.3, 0.4) is 0 Å². The van der Waals surface area contributed by atoms with Crippen molar-refractivity contribution < 1.29 is 4.79 Å². The molecular weight excluding hydrogens is 220 g/mol. The smallest absolute Gasteiger partial charge is 0.155 e. The van der Waals surface area contributed by atoms with Crippen molar-refractivity contribution in [2.24, 2.45) is 0 Å². The Morgan fingerprint density at radius 3 is 2.50 bits per heavy atom. The van der Waals surface area contributed by atoms with Gasteiger partial charge >= 0.3 is 0 Å². The zero-order chi connectivity index (χ0) is 11.1. The third-order valence-corrected chi connectivity index (χ3v) is 3.68. The highest BCUT2D eigenvalue weighted by atomic mass is 35.5. The molecule has 1 aliphatic carbocycles. The van der Waals surface area contributed by atoms with Crippen LogP contribution in [0, 0.1) is 0 Å². The van der Waals surface area contributed by atoms with E-state index < -0.39 is 5.38 Å². The van der Waals surface area contributed by atoms with Crippen molar-refractivity contribution in [3.05, 3.63) is 47.5 Å². The van der Waals surface area contributed by atoms with Crippen molar-refractivity contribution in [1.82, 2.24) is 0 Å². The fraction of sp³-hybridized carbons (Fsp3) is 0.214. The largest absolute Gasteiger partial charge is 0.298 e. The van der Waals surface area contributed by atoms with Gasteiger partial charge in [0.1, 0.15) is 5.38 Å². The molecule has 0 radical (unpaired) electrons. The number of fused-ring (bicyclic) bond motifs is 2. The van der Waals surface area contributed by atoms with Crippen molar-refractivity contribution in [2.75, 3.05) is 0 Å². The Bertz CT molecular complexity index is 574. The van der Waals surface area contributed by atoms with Crippen molar-refractivity contribution in [2.45, 2.75) is 18.2 Å². The number of hydrogen-bond acceptors (Lipinski definition) is 1. The second-order valence-electron chi connectivity index (χ2n) is 4.23. The number of benzene rings is 2. The molecule has 1 aliphatic rings. The first-order chi connectivity index (χ1) is 7.75. The minimum Gasteiger partial charge on any atom is -0.298 e. The van der Waals surface area contributed by atoms with Gasteiger partial charge < -0.3 is 0 Å². The Morgan fingerprint density at radius 2 is 1.75 bits per heavy atom. The van der Waals surface area contributed by atoms with Gasteiger partial charge in [-0.15, -0.1) is 11.6 Å². The quantitative estimate of drug-likeness (QED) is 0.632. The number of hydrogen-bond donors (Lipinski definition) is 0. The van der Waals surface area contributed by atoms with Crippen LogP contribution >= 0.6 is 11.6 Å². The zero-order valence-corrected chi connectivity index (χ0v) is 9.50. The van der Waals surface area contributed by atoms with Crippen LogP contribution in [-0.2, 0) is 11.2 Å². The fourth-order valence-electron chi connectivity index (χ4n) is 2.32. The SMILES string of the molecule is O=C1CCc2cc3ccccc3cc2C1Cl. The molecule has 0 heterocycles. The third kappa shape index (κ3) is 1.43. The summed E-state index contributed by atoms with van der Waals surface area (Å²) in [6, 6.07) is 12.4. The lowest BCUT2D eigenvalue weighted by Crippen LogP contribution is -2.16. The maximum atomic E-state index is 11.6. The number of carbonyl (C=O) groups excluding carboxylic acids is 1. The molecule has 3 rings (SSSR count). The standard InChI is InChI=1S/C14H11ClO/c15-14-12-8-10-4-2-1-3-9(10)7-11(12)5-6-13(14)16/h1-4,7-8,14H,5-6H2. The Balaban J connectivity index is 2.27. The van der Waals surface area contributed by atoms with Crippen LogP contribution in [0.5, 0.6) is 0 Å². The first kappa shape index (κ1) is 9.86. The summed E-state index contributed by atoms with van der Waals surface area (Å²) in [5.41, 5.74) is 2.22. The van der Waals surface area contributed by atoms with E-state index in [1.165, 1.54) is 10.9 Å². The summed E-state index contributed by atoms with van der Waals surface area (Å²) < 4.78 is 0. The molecular formula is C14H11ClO. The molecule has 0 saturated carbocycles. The van der Waals surface area contributed by atoms with E-state index in [0.717, 1.165) is 17.4 Å². The van der Waals surface area contributed by atoms with Crippen LogP contribution in [0.15, 0.2) is 36.4 Å². The predicted octanol–water partition coefficient (Wildman–Crippen LogP) is 3.64. The molecule has 1 nitrogen and oxygen atoms in total. The lowest BCUT2D eigenvalue weighted by atomic mass is 9.88. The van der Waals surface area contributed by atoms with E-state index in [1.54, 1.807) is 0 Å². The lowest BCUT2D eigenvalue weighted by molar-refractivity contribution is -0.119. The predicted molar refractivity (Wildman–Crippen MR) is 65.9 cm³/mol. The summed E-state index contributed by atoms with van der Waals surface area (Å²) in [4.78, 5) is 11.6. The van der Waals surface area contributed by atoms with E-state index in [0.29, 0.717) is 6.42 Å². The molecule has 2 heteroatoms. The van der Waals surface area contributed by atoms with Gasteiger partial charge in [0.05, 0.1) is 0 Å². The fourth-order valence-corrected chi connectivity index (χ4v) is 2.63. The molecule has 2 aromatic rings. The van der Waals surface area contributed by atoms with Gasteiger partial charge in [0.2, 0.25) is 0 Å². The molecule has 80 valence electrons. The molecule has 0 N–H and O–H groups in total. The number of rotatable bonds is 0. The Morgan fingerprint density at radius 1 is 1.06 bits per heavy atom. The Kier molecular flexibility index (Phi) is 2.22. The number of halogens is 1. The summed E-state index contributed by atoms with van der Waals surface area (Å²) in [7, 11) is 0. The number of carbonyl (C=O) groups is 1. The lowest BCUT2D eigenvalue weighted by Gasteiger charge is -2.20. The van der Waals surface area contributed by atoms with Gasteiger partial charge in [-0.1, -0.05) is 30.3 Å². The minimum atomic E-state index is -0.451. The van der Waals surface area contributed by atoms with Gasteiger partial charge in [0.15, 0.2) is 5.78 Å². The molecule has 0 bridgehead atoms. The molecule has 0 amide bonds. The van der Waals surface area contributed by atoms with Crippen molar-refractivity contribution >= 4 is 28.2 Å². The van der Waals surface area contributed by atoms with Crippen LogP contribution in [0.4, 0.5) is 0 Å². The van der Waals surface area contributed by atoms with E-state index in [2.05, 4.69) is 24.3 Å². The van der Waals surface area contributed by atoms with Gasteiger partial charge in [0.25, 0.3) is 0 Å². The first-order valence-electron chi connectivity index (χ1n) is 5.44. The number of ketones is 1. The molecule has 1 unspecified atom stereocenters. The van der Waals surface area contributed by atoms with Crippen LogP contribution < -0.4 is 0 Å². The molecule has 0 aliphatic heterocycles. The second kappa shape index (κ2) is 3.60. The zero-order valence-electron chi connectivity index (χ0n) is 8.74. The highest BCUT2D eigenvalue weighted by Gasteiger charge is 2.25. The highest BCUT2D eigenvalue weighted by Crippen LogP contribution is 2.34. The van der Waals surface area contributed by atoms with E-state index in [9.17, 15) is 4.79 Å². The summed E-state index contributed by atoms with van der Waals surface area (Å²) in [5.74, 6) is 0.143. The number of Topliss-reactive ketones (excluding diaryl/α,β-unsaturated/α-hetero) is 1. The normalized spacial score (nSPS) is 19.8. The number of aryl methyl sites for hydroxylation is 1. The van der Waals surface area contributed by atoms with Gasteiger partial charge in [0, 0.05) is 6.42 Å². The molecule has 0 fully saturated rings. The molecule has 0 saturated heterocycles. The minimum absolute atomic E-state index is 0.143. The molecule has 16 heavy (non-hydrogen) atoms. The van der Waals surface area contributed by atoms with Gasteiger partial charge in [-0.3, -0.25) is 4.79 Å². The summed E-state index contributed by atoms with van der Waals surface area (Å²) in [6.07, 6.45) is 1.39. The molecule has 0 aromatic heterocycles. The van der Waals surface area contributed by atoms with Crippen LogP contribution in [0.1, 0.15) is 22.9 Å². The Labute approximate surface area is 99.0 Å². The topological polar surface area (TPSA) is 17.1 Å². The maximum absolute atomic E-state index is 11.6. The van der Waals surface area contributed by atoms with Gasteiger partial charge in [-0.2, -0.15) is 0 Å². The summed E-state index contributed by atoms with van der Waals surface area (Å²) in [6.45, 7) is 0. The monoisotopic (exact) mass is 230 g/mol. The summed E-state index contributed by atoms with van der Waals surface area (Å²) >= 11 is 6.15. The van der Waals surface area contributed by atoms with Crippen LogP contribution in [0.2, 0.25) is 0 Å². The average molecular weight is 231 g/mol. The van der Waals surface area contributed by atoms with E-state index in [-0.39, 0.29) is 5.78 Å². The number of alkyl halides is 1. The van der Waals surface area contributed by atoms with E-state index in [1.807, 2.05) is 12.1 Å². The second-order valence-corrected chi connectivity index (χ2v) is 4.66. The molecule has 0 spiro atoms. The third-order valence-electron chi connectivity index (χ3n) is 3.20. The van der Waals surface area contributed by atoms with E-state index >= 15 is 0 Å². The van der Waals surface area contributed by atoms with Crippen molar-refractivity contribution in [3.8, 4) is 0 Å². The first-order valence-corrected chi connectivity index (χ1v) is 5.88. The van der Waals surface area contributed by atoms with Crippen molar-refractivity contribution in [1.29, 1.82) is 0 Å². The van der Waals surface area contributed by atoms with Gasteiger partial charge in [-0.05, 0) is 34.4 Å². The molecule has 2 aromatic carbocycles.